The van der Waals surface area contributed by atoms with Gasteiger partial charge in [-0.1, -0.05) is 0 Å². The third-order valence-electron chi connectivity index (χ3n) is 4.90. The summed E-state index contributed by atoms with van der Waals surface area (Å²) in [6.07, 6.45) is 2.70. The second-order valence-corrected chi connectivity index (χ2v) is 7.11. The number of ether oxygens (including phenoxy) is 2. The minimum atomic E-state index is -0.108. The maximum absolute atomic E-state index is 9.58. The lowest BCUT2D eigenvalue weighted by molar-refractivity contribution is 0.0824. The van der Waals surface area contributed by atoms with Crippen molar-refractivity contribution in [3.05, 3.63) is 24.3 Å². The van der Waals surface area contributed by atoms with Crippen LogP contribution < -0.4 is 14.8 Å². The number of guanidine groups is 1. The molecule has 0 bridgehead atoms. The first kappa shape index (κ1) is 22.3. The molecule has 0 aliphatic carbocycles. The highest BCUT2D eigenvalue weighted by molar-refractivity contribution is 5.79. The van der Waals surface area contributed by atoms with E-state index in [2.05, 4.69) is 22.0 Å². The summed E-state index contributed by atoms with van der Waals surface area (Å²) < 4.78 is 11.0. The van der Waals surface area contributed by atoms with Crippen LogP contribution in [-0.2, 0) is 0 Å². The van der Waals surface area contributed by atoms with Crippen LogP contribution in [0.3, 0.4) is 0 Å². The van der Waals surface area contributed by atoms with Gasteiger partial charge in [-0.2, -0.15) is 0 Å². The molecule has 158 valence electrons. The minimum Gasteiger partial charge on any atom is -0.497 e. The maximum Gasteiger partial charge on any atom is 0.193 e. The van der Waals surface area contributed by atoms with Gasteiger partial charge in [0.1, 0.15) is 18.1 Å². The van der Waals surface area contributed by atoms with E-state index in [9.17, 15) is 5.11 Å². The number of benzene rings is 1. The van der Waals surface area contributed by atoms with Gasteiger partial charge in [-0.3, -0.25) is 4.99 Å². The molecule has 0 spiro atoms. The Morgan fingerprint density at radius 2 is 1.93 bits per heavy atom. The lowest BCUT2D eigenvalue weighted by atomic mass is 10.1. The maximum atomic E-state index is 9.58. The first-order chi connectivity index (χ1) is 13.6. The van der Waals surface area contributed by atoms with Crippen LogP contribution in [0.5, 0.6) is 11.5 Å². The fourth-order valence-electron chi connectivity index (χ4n) is 3.17. The Morgan fingerprint density at radius 1 is 1.25 bits per heavy atom. The number of aliphatic imine (C=N–C) groups is 1. The molecule has 0 radical (unpaired) electrons. The molecule has 1 fully saturated rings. The first-order valence-corrected chi connectivity index (χ1v) is 10.3. The summed E-state index contributed by atoms with van der Waals surface area (Å²) in [4.78, 5) is 9.26. The van der Waals surface area contributed by atoms with Gasteiger partial charge in [0.25, 0.3) is 0 Å². The zero-order valence-corrected chi connectivity index (χ0v) is 17.6. The van der Waals surface area contributed by atoms with Gasteiger partial charge in [-0.05, 0) is 57.0 Å². The van der Waals surface area contributed by atoms with E-state index in [1.165, 1.54) is 0 Å². The molecule has 28 heavy (non-hydrogen) atoms. The molecule has 1 heterocycles. The molecule has 1 aliphatic heterocycles. The van der Waals surface area contributed by atoms with E-state index in [0.717, 1.165) is 76.0 Å². The number of nitrogens with zero attached hydrogens (tertiary/aromatic N) is 3. The number of piperidine rings is 1. The number of methoxy groups -OCH3 is 1. The number of likely N-dealkylation sites (N-methyl/N-ethyl adjacent to an activating group) is 1. The molecule has 0 atom stereocenters. The van der Waals surface area contributed by atoms with E-state index in [1.54, 1.807) is 7.11 Å². The molecular formula is C21H36N4O3. The fraction of sp³-hybridized carbons (Fsp3) is 0.667. The Hall–Kier alpha value is -1.99. The SMILES string of the molecule is CCNC(=NCCCN1CCC(O)CC1)N(C)CCOc1ccc(OC)cc1. The van der Waals surface area contributed by atoms with Crippen LogP contribution in [0.15, 0.2) is 29.3 Å². The van der Waals surface area contributed by atoms with Crippen LogP contribution in [0.25, 0.3) is 0 Å². The van der Waals surface area contributed by atoms with E-state index in [-0.39, 0.29) is 6.10 Å². The number of likely N-dealkylation sites (tertiary alicyclic amines) is 1. The second-order valence-electron chi connectivity index (χ2n) is 7.11. The van der Waals surface area contributed by atoms with Gasteiger partial charge in [0.15, 0.2) is 5.96 Å². The van der Waals surface area contributed by atoms with Crippen molar-refractivity contribution in [3.63, 3.8) is 0 Å². The van der Waals surface area contributed by atoms with Gasteiger partial charge in [0.05, 0.1) is 19.8 Å². The average Bonchev–Trinajstić information content (AvgIpc) is 2.72. The molecule has 0 aromatic heterocycles. The normalized spacial score (nSPS) is 16.1. The van der Waals surface area contributed by atoms with Crippen LogP contribution in [0.2, 0.25) is 0 Å². The Bertz CT molecular complexity index is 572. The summed E-state index contributed by atoms with van der Waals surface area (Å²) >= 11 is 0. The monoisotopic (exact) mass is 392 g/mol. The average molecular weight is 393 g/mol. The zero-order chi connectivity index (χ0) is 20.2. The molecule has 2 N–H and O–H groups in total. The van der Waals surface area contributed by atoms with Crippen LogP contribution in [-0.4, -0.2) is 87.0 Å². The van der Waals surface area contributed by atoms with Crippen molar-refractivity contribution in [2.75, 3.05) is 60.0 Å². The third-order valence-corrected chi connectivity index (χ3v) is 4.90. The van der Waals surface area contributed by atoms with Crippen molar-refractivity contribution >= 4 is 5.96 Å². The van der Waals surface area contributed by atoms with Crippen LogP contribution in [0, 0.1) is 0 Å². The van der Waals surface area contributed by atoms with E-state index in [0.29, 0.717) is 6.61 Å². The third kappa shape index (κ3) is 7.94. The Morgan fingerprint density at radius 3 is 2.57 bits per heavy atom. The van der Waals surface area contributed by atoms with Gasteiger partial charge in [-0.25, -0.2) is 0 Å². The van der Waals surface area contributed by atoms with E-state index < -0.39 is 0 Å². The van der Waals surface area contributed by atoms with Crippen molar-refractivity contribution in [2.24, 2.45) is 4.99 Å². The number of nitrogens with one attached hydrogen (secondary N) is 1. The molecule has 7 heteroatoms. The molecule has 0 unspecified atom stereocenters. The standard InChI is InChI=1S/C21H36N4O3/c1-4-22-21(23-12-5-13-25-14-10-18(26)11-15-25)24(2)16-17-28-20-8-6-19(27-3)7-9-20/h6-9,18,26H,4-5,10-17H2,1-3H3,(H,22,23). The molecule has 1 aromatic rings. The topological polar surface area (TPSA) is 69.6 Å². The number of rotatable bonds is 10. The van der Waals surface area contributed by atoms with Crippen LogP contribution in [0.4, 0.5) is 0 Å². The summed E-state index contributed by atoms with van der Waals surface area (Å²) in [5.41, 5.74) is 0. The Labute approximate surface area is 169 Å². The highest BCUT2D eigenvalue weighted by Crippen LogP contribution is 2.16. The number of aliphatic hydroxyl groups excluding tert-OH is 1. The summed E-state index contributed by atoms with van der Waals surface area (Å²) in [6, 6.07) is 7.62. The van der Waals surface area contributed by atoms with Gasteiger partial charge in [0, 0.05) is 33.2 Å². The van der Waals surface area contributed by atoms with Crippen molar-refractivity contribution in [1.82, 2.24) is 15.1 Å². The quantitative estimate of drug-likeness (QED) is 0.360. The van der Waals surface area contributed by atoms with Gasteiger partial charge in [-0.15, -0.1) is 0 Å². The molecular weight excluding hydrogens is 356 g/mol. The van der Waals surface area contributed by atoms with Crippen LogP contribution >= 0.6 is 0 Å². The van der Waals surface area contributed by atoms with E-state index in [1.807, 2.05) is 31.3 Å². The molecule has 1 aliphatic rings. The molecule has 1 aromatic carbocycles. The molecule has 2 rings (SSSR count). The zero-order valence-electron chi connectivity index (χ0n) is 17.6. The largest absolute Gasteiger partial charge is 0.497 e. The van der Waals surface area contributed by atoms with Crippen molar-refractivity contribution in [1.29, 1.82) is 0 Å². The minimum absolute atomic E-state index is 0.108. The van der Waals surface area contributed by atoms with Crippen molar-refractivity contribution in [2.45, 2.75) is 32.3 Å². The lowest BCUT2D eigenvalue weighted by Gasteiger charge is -2.29. The summed E-state index contributed by atoms with van der Waals surface area (Å²) in [5, 5.41) is 12.9. The lowest BCUT2D eigenvalue weighted by Crippen LogP contribution is -2.41. The smallest absolute Gasteiger partial charge is 0.193 e. The first-order valence-electron chi connectivity index (χ1n) is 10.3. The molecule has 0 saturated carbocycles. The Balaban J connectivity index is 1.70. The predicted octanol–water partition coefficient (Wildman–Crippen LogP) is 1.82. The second kappa shape index (κ2) is 12.5. The highest BCUT2D eigenvalue weighted by Gasteiger charge is 2.16. The van der Waals surface area contributed by atoms with E-state index in [4.69, 9.17) is 14.5 Å². The van der Waals surface area contributed by atoms with Gasteiger partial charge < -0.3 is 29.7 Å². The number of hydrogen-bond acceptors (Lipinski definition) is 5. The number of hydrogen-bond donors (Lipinski definition) is 2. The molecule has 0 amide bonds. The molecule has 1 saturated heterocycles. The fourth-order valence-corrected chi connectivity index (χ4v) is 3.17. The van der Waals surface area contributed by atoms with Crippen molar-refractivity contribution in [3.8, 4) is 11.5 Å². The summed E-state index contributed by atoms with van der Waals surface area (Å²) in [5.74, 6) is 2.57. The van der Waals surface area contributed by atoms with Gasteiger partial charge in [0.2, 0.25) is 0 Å². The summed E-state index contributed by atoms with van der Waals surface area (Å²) in [6.45, 7) is 8.08. The number of aliphatic hydroxyl groups is 1. The Kier molecular flexibility index (Phi) is 9.93. The highest BCUT2D eigenvalue weighted by atomic mass is 16.5. The predicted molar refractivity (Wildman–Crippen MR) is 113 cm³/mol. The van der Waals surface area contributed by atoms with Crippen molar-refractivity contribution < 1.29 is 14.6 Å². The van der Waals surface area contributed by atoms with Gasteiger partial charge >= 0.3 is 0 Å². The summed E-state index contributed by atoms with van der Waals surface area (Å²) in [7, 11) is 3.69. The van der Waals surface area contributed by atoms with Crippen LogP contribution in [0.1, 0.15) is 26.2 Å². The van der Waals surface area contributed by atoms with E-state index >= 15 is 0 Å². The molecule has 7 nitrogen and oxygen atoms in total.